The number of carbonyl (C=O) groups excluding carboxylic acids is 1. The van der Waals surface area contributed by atoms with Gasteiger partial charge < -0.3 is 4.74 Å². The van der Waals surface area contributed by atoms with Gasteiger partial charge in [0.15, 0.2) is 0 Å². The van der Waals surface area contributed by atoms with Crippen molar-refractivity contribution in [2.24, 2.45) is 0 Å². The van der Waals surface area contributed by atoms with Gasteiger partial charge in [-0.05, 0) is 29.3 Å². The highest BCUT2D eigenvalue weighted by molar-refractivity contribution is 5.87. The molecule has 0 spiro atoms. The van der Waals surface area contributed by atoms with Crippen molar-refractivity contribution < 1.29 is 13.9 Å². The van der Waals surface area contributed by atoms with E-state index in [-0.39, 0.29) is 12.4 Å². The van der Waals surface area contributed by atoms with Crippen LogP contribution in [0.1, 0.15) is 11.1 Å². The zero-order valence-corrected chi connectivity index (χ0v) is 10.3. The van der Waals surface area contributed by atoms with Crippen LogP contribution in [0.25, 0.3) is 6.08 Å². The number of hydrogen-bond donors (Lipinski definition) is 0. The van der Waals surface area contributed by atoms with E-state index in [1.54, 1.807) is 18.2 Å². The zero-order valence-electron chi connectivity index (χ0n) is 10.3. The Morgan fingerprint density at radius 2 is 1.74 bits per heavy atom. The number of carbonyl (C=O) groups is 1. The largest absolute Gasteiger partial charge is 0.458 e. The van der Waals surface area contributed by atoms with Crippen LogP contribution in [0.3, 0.4) is 0 Å². The molecule has 0 radical (unpaired) electrons. The highest BCUT2D eigenvalue weighted by Gasteiger charge is 1.98. The molecule has 0 atom stereocenters. The molecule has 2 aromatic carbocycles. The average molecular weight is 256 g/mol. The first kappa shape index (κ1) is 13.0. The van der Waals surface area contributed by atoms with E-state index in [2.05, 4.69) is 0 Å². The Kier molecular flexibility index (Phi) is 4.45. The number of esters is 1. The lowest BCUT2D eigenvalue weighted by Gasteiger charge is -2.01. The number of hydrogen-bond acceptors (Lipinski definition) is 2. The van der Waals surface area contributed by atoms with Crippen LogP contribution in [0.15, 0.2) is 60.7 Å². The van der Waals surface area contributed by atoms with Gasteiger partial charge in [0, 0.05) is 6.08 Å². The summed E-state index contributed by atoms with van der Waals surface area (Å²) in [6.45, 7) is 0.243. The predicted octanol–water partition coefficient (Wildman–Crippen LogP) is 3.58. The number of benzene rings is 2. The first-order valence-corrected chi connectivity index (χ1v) is 5.88. The molecule has 0 aliphatic heterocycles. The summed E-state index contributed by atoms with van der Waals surface area (Å²) in [7, 11) is 0. The van der Waals surface area contributed by atoms with Crippen molar-refractivity contribution in [3.05, 3.63) is 77.6 Å². The van der Waals surface area contributed by atoms with Crippen LogP contribution in [-0.2, 0) is 16.1 Å². The molecule has 0 saturated heterocycles. The van der Waals surface area contributed by atoms with Crippen LogP contribution in [0.4, 0.5) is 4.39 Å². The Morgan fingerprint density at radius 1 is 1.05 bits per heavy atom. The minimum Gasteiger partial charge on any atom is -0.458 e. The average Bonchev–Trinajstić information content (AvgIpc) is 2.45. The summed E-state index contributed by atoms with van der Waals surface area (Å²) in [5.74, 6) is -0.725. The summed E-state index contributed by atoms with van der Waals surface area (Å²) in [5.41, 5.74) is 1.68. The van der Waals surface area contributed by atoms with Gasteiger partial charge in [-0.3, -0.25) is 0 Å². The molecular weight excluding hydrogens is 243 g/mol. The first-order valence-electron chi connectivity index (χ1n) is 5.88. The monoisotopic (exact) mass is 256 g/mol. The van der Waals surface area contributed by atoms with E-state index in [0.29, 0.717) is 0 Å². The Morgan fingerprint density at radius 3 is 2.42 bits per heavy atom. The van der Waals surface area contributed by atoms with Gasteiger partial charge in [0.1, 0.15) is 12.4 Å². The normalized spacial score (nSPS) is 10.6. The fourth-order valence-corrected chi connectivity index (χ4v) is 1.51. The summed E-state index contributed by atoms with van der Waals surface area (Å²) in [5, 5.41) is 0. The van der Waals surface area contributed by atoms with E-state index in [1.165, 1.54) is 18.2 Å². The number of rotatable bonds is 4. The van der Waals surface area contributed by atoms with Crippen LogP contribution in [0.2, 0.25) is 0 Å². The van der Waals surface area contributed by atoms with Crippen LogP contribution >= 0.6 is 0 Å². The van der Waals surface area contributed by atoms with E-state index >= 15 is 0 Å². The highest BCUT2D eigenvalue weighted by Crippen LogP contribution is 2.05. The molecule has 0 N–H and O–H groups in total. The van der Waals surface area contributed by atoms with Crippen LogP contribution in [0, 0.1) is 5.82 Å². The van der Waals surface area contributed by atoms with Crippen molar-refractivity contribution in [1.82, 2.24) is 0 Å². The Hall–Kier alpha value is -2.42. The molecule has 0 bridgehead atoms. The molecule has 19 heavy (non-hydrogen) atoms. The summed E-state index contributed by atoms with van der Waals surface area (Å²) in [4.78, 5) is 11.5. The standard InChI is InChI=1S/C16H13FO2/c17-15-9-6-13(7-10-15)8-11-16(18)19-12-14-4-2-1-3-5-14/h1-11H,12H2/b11-8+. The smallest absolute Gasteiger partial charge is 0.331 e. The molecule has 3 heteroatoms. The van der Waals surface area contributed by atoms with Crippen molar-refractivity contribution in [1.29, 1.82) is 0 Å². The van der Waals surface area contributed by atoms with Gasteiger partial charge in [0.05, 0.1) is 0 Å². The van der Waals surface area contributed by atoms with E-state index in [4.69, 9.17) is 4.74 Å². The molecule has 0 unspecified atom stereocenters. The number of halogens is 1. The fourth-order valence-electron chi connectivity index (χ4n) is 1.51. The summed E-state index contributed by atoms with van der Waals surface area (Å²) in [6.07, 6.45) is 2.92. The molecule has 0 fully saturated rings. The van der Waals surface area contributed by atoms with Crippen LogP contribution in [0.5, 0.6) is 0 Å². The van der Waals surface area contributed by atoms with E-state index in [0.717, 1.165) is 11.1 Å². The zero-order chi connectivity index (χ0) is 13.5. The summed E-state index contributed by atoms with van der Waals surface area (Å²) < 4.78 is 17.8. The van der Waals surface area contributed by atoms with Gasteiger partial charge in [-0.25, -0.2) is 9.18 Å². The van der Waals surface area contributed by atoms with Gasteiger partial charge in [0.2, 0.25) is 0 Å². The molecule has 2 aromatic rings. The number of ether oxygens (including phenoxy) is 1. The maximum Gasteiger partial charge on any atom is 0.331 e. The van der Waals surface area contributed by atoms with Crippen molar-refractivity contribution in [3.63, 3.8) is 0 Å². The molecule has 0 amide bonds. The van der Waals surface area contributed by atoms with E-state index in [1.807, 2.05) is 30.3 Å². The van der Waals surface area contributed by atoms with Gasteiger partial charge >= 0.3 is 5.97 Å². The van der Waals surface area contributed by atoms with Crippen molar-refractivity contribution in [2.75, 3.05) is 0 Å². The van der Waals surface area contributed by atoms with Gasteiger partial charge in [-0.1, -0.05) is 42.5 Å². The van der Waals surface area contributed by atoms with Gasteiger partial charge in [-0.2, -0.15) is 0 Å². The van der Waals surface area contributed by atoms with Gasteiger partial charge in [0.25, 0.3) is 0 Å². The molecule has 0 aliphatic rings. The van der Waals surface area contributed by atoms with E-state index in [9.17, 15) is 9.18 Å². The van der Waals surface area contributed by atoms with Crippen molar-refractivity contribution >= 4 is 12.0 Å². The lowest BCUT2D eigenvalue weighted by atomic mass is 10.2. The second-order valence-corrected chi connectivity index (χ2v) is 3.98. The summed E-state index contributed by atoms with van der Waals surface area (Å²) >= 11 is 0. The lowest BCUT2D eigenvalue weighted by Crippen LogP contribution is -2.00. The van der Waals surface area contributed by atoms with Crippen LogP contribution in [-0.4, -0.2) is 5.97 Å². The van der Waals surface area contributed by atoms with Crippen LogP contribution < -0.4 is 0 Å². The lowest BCUT2D eigenvalue weighted by molar-refractivity contribution is -0.138. The second-order valence-electron chi connectivity index (χ2n) is 3.98. The first-order chi connectivity index (χ1) is 9.24. The predicted molar refractivity (Wildman–Crippen MR) is 71.7 cm³/mol. The Bertz CT molecular complexity index is 559. The van der Waals surface area contributed by atoms with E-state index < -0.39 is 5.97 Å². The molecule has 0 heterocycles. The van der Waals surface area contributed by atoms with Crippen molar-refractivity contribution in [3.8, 4) is 0 Å². The summed E-state index contributed by atoms with van der Waals surface area (Å²) in [6, 6.07) is 15.3. The molecule has 0 saturated carbocycles. The molecule has 96 valence electrons. The minimum absolute atomic E-state index is 0.243. The SMILES string of the molecule is O=C(/C=C/c1ccc(F)cc1)OCc1ccccc1. The second kappa shape index (κ2) is 6.50. The molecule has 0 aliphatic carbocycles. The third kappa shape index (κ3) is 4.39. The third-order valence-electron chi connectivity index (χ3n) is 2.51. The molecular formula is C16H13FO2. The minimum atomic E-state index is -0.423. The maximum atomic E-state index is 12.7. The topological polar surface area (TPSA) is 26.3 Å². The Labute approximate surface area is 111 Å². The third-order valence-corrected chi connectivity index (χ3v) is 2.51. The van der Waals surface area contributed by atoms with Crippen molar-refractivity contribution in [2.45, 2.75) is 6.61 Å². The van der Waals surface area contributed by atoms with Gasteiger partial charge in [-0.15, -0.1) is 0 Å². The molecule has 2 rings (SSSR count). The quantitative estimate of drug-likeness (QED) is 0.617. The maximum absolute atomic E-state index is 12.7. The highest BCUT2D eigenvalue weighted by atomic mass is 19.1. The Balaban J connectivity index is 1.86. The fraction of sp³-hybridized carbons (Fsp3) is 0.0625. The molecule has 0 aromatic heterocycles. The molecule has 2 nitrogen and oxygen atoms in total.